The van der Waals surface area contributed by atoms with E-state index in [1.165, 1.54) is 12.1 Å². The Hall–Kier alpha value is -2.56. The van der Waals surface area contributed by atoms with Gasteiger partial charge in [-0.15, -0.1) is 0 Å². The lowest BCUT2D eigenvalue weighted by molar-refractivity contribution is -0.123. The van der Waals surface area contributed by atoms with Crippen molar-refractivity contribution in [2.24, 2.45) is 0 Å². The van der Waals surface area contributed by atoms with Crippen molar-refractivity contribution in [3.8, 4) is 11.5 Å². The zero-order valence-electron chi connectivity index (χ0n) is 12.3. The largest absolute Gasteiger partial charge is 0.497 e. The summed E-state index contributed by atoms with van der Waals surface area (Å²) in [6.07, 6.45) is 0.575. The summed E-state index contributed by atoms with van der Waals surface area (Å²) < 4.78 is 23.4. The van der Waals surface area contributed by atoms with Crippen LogP contribution in [0.3, 0.4) is 0 Å². The summed E-state index contributed by atoms with van der Waals surface area (Å²) >= 11 is 0. The van der Waals surface area contributed by atoms with E-state index in [2.05, 4.69) is 5.32 Å². The Morgan fingerprint density at radius 2 is 1.86 bits per heavy atom. The number of hydrogen-bond acceptors (Lipinski definition) is 3. The van der Waals surface area contributed by atoms with Gasteiger partial charge in [-0.3, -0.25) is 4.79 Å². The van der Waals surface area contributed by atoms with Crippen LogP contribution >= 0.6 is 0 Å². The van der Waals surface area contributed by atoms with Gasteiger partial charge in [0.15, 0.2) is 6.61 Å². The number of carbonyl (C=O) groups is 1. The van der Waals surface area contributed by atoms with Gasteiger partial charge in [0.05, 0.1) is 7.11 Å². The molecule has 1 amide bonds. The fourth-order valence-electron chi connectivity index (χ4n) is 1.91. The van der Waals surface area contributed by atoms with Gasteiger partial charge in [0.1, 0.15) is 17.3 Å². The fraction of sp³-hybridized carbons (Fsp3) is 0.235. The lowest BCUT2D eigenvalue weighted by atomic mass is 10.1. The summed E-state index contributed by atoms with van der Waals surface area (Å²) in [6.45, 7) is 0.379. The number of carbonyl (C=O) groups excluding carboxylic acids is 1. The smallest absolute Gasteiger partial charge is 0.257 e. The molecule has 22 heavy (non-hydrogen) atoms. The summed E-state index contributed by atoms with van der Waals surface area (Å²) in [5.74, 6) is 0.840. The topological polar surface area (TPSA) is 47.6 Å². The molecule has 0 aliphatic heterocycles. The molecule has 0 spiro atoms. The Morgan fingerprint density at radius 1 is 1.14 bits per heavy atom. The van der Waals surface area contributed by atoms with Gasteiger partial charge in [0.2, 0.25) is 0 Å². The number of amides is 1. The van der Waals surface area contributed by atoms with Crippen molar-refractivity contribution >= 4 is 5.91 Å². The number of methoxy groups -OCH3 is 1. The van der Waals surface area contributed by atoms with Gasteiger partial charge in [-0.05, 0) is 48.4 Å². The van der Waals surface area contributed by atoms with Crippen molar-refractivity contribution in [2.75, 3.05) is 20.3 Å². The van der Waals surface area contributed by atoms with E-state index in [0.29, 0.717) is 18.7 Å². The van der Waals surface area contributed by atoms with Crippen molar-refractivity contribution in [3.05, 3.63) is 59.9 Å². The maximum atomic E-state index is 13.0. The molecule has 0 atom stereocenters. The molecule has 1 N–H and O–H groups in total. The highest BCUT2D eigenvalue weighted by atomic mass is 19.1. The molecule has 2 aromatic rings. The van der Waals surface area contributed by atoms with E-state index in [-0.39, 0.29) is 18.3 Å². The molecule has 0 aliphatic carbocycles. The third kappa shape index (κ3) is 5.09. The molecular weight excluding hydrogens is 285 g/mol. The average Bonchev–Trinajstić information content (AvgIpc) is 2.53. The summed E-state index contributed by atoms with van der Waals surface area (Å²) in [6, 6.07) is 13.3. The first-order chi connectivity index (χ1) is 10.7. The number of halogens is 1. The van der Waals surface area contributed by atoms with Crippen LogP contribution in [0.25, 0.3) is 0 Å². The summed E-state index contributed by atoms with van der Waals surface area (Å²) in [4.78, 5) is 11.7. The van der Waals surface area contributed by atoms with Crippen LogP contribution in [0.1, 0.15) is 5.56 Å². The third-order valence-electron chi connectivity index (χ3n) is 3.05. The molecular formula is C17H18FNO3. The quantitative estimate of drug-likeness (QED) is 0.855. The van der Waals surface area contributed by atoms with Crippen LogP contribution in [0.5, 0.6) is 11.5 Å². The van der Waals surface area contributed by atoms with E-state index >= 15 is 0 Å². The van der Waals surface area contributed by atoms with Crippen LogP contribution in [0, 0.1) is 5.82 Å². The van der Waals surface area contributed by atoms with Crippen LogP contribution in [-0.4, -0.2) is 26.2 Å². The number of ether oxygens (including phenoxy) is 2. The predicted octanol–water partition coefficient (Wildman–Crippen LogP) is 2.57. The molecule has 0 bridgehead atoms. The lowest BCUT2D eigenvalue weighted by Gasteiger charge is -2.08. The third-order valence-corrected chi connectivity index (χ3v) is 3.05. The van der Waals surface area contributed by atoms with Gasteiger partial charge in [-0.2, -0.15) is 0 Å². The van der Waals surface area contributed by atoms with E-state index in [0.717, 1.165) is 11.3 Å². The molecule has 0 heterocycles. The molecule has 2 aromatic carbocycles. The van der Waals surface area contributed by atoms with Crippen LogP contribution < -0.4 is 14.8 Å². The highest BCUT2D eigenvalue weighted by Crippen LogP contribution is 2.16. The van der Waals surface area contributed by atoms with Gasteiger partial charge in [0.25, 0.3) is 5.91 Å². The van der Waals surface area contributed by atoms with Crippen LogP contribution in [0.15, 0.2) is 48.5 Å². The zero-order valence-corrected chi connectivity index (χ0v) is 12.3. The second kappa shape index (κ2) is 8.02. The minimum Gasteiger partial charge on any atom is -0.497 e. The van der Waals surface area contributed by atoms with Crippen molar-refractivity contribution in [1.82, 2.24) is 5.32 Å². The number of hydrogen-bond donors (Lipinski definition) is 1. The normalized spacial score (nSPS) is 10.1. The van der Waals surface area contributed by atoms with Crippen LogP contribution in [0.2, 0.25) is 0 Å². The maximum absolute atomic E-state index is 13.0. The molecule has 5 heteroatoms. The van der Waals surface area contributed by atoms with Gasteiger partial charge in [0, 0.05) is 6.54 Å². The first-order valence-corrected chi connectivity index (χ1v) is 6.95. The van der Waals surface area contributed by atoms with E-state index in [9.17, 15) is 9.18 Å². The Bertz CT molecular complexity index is 614. The van der Waals surface area contributed by atoms with Crippen molar-refractivity contribution in [1.29, 1.82) is 0 Å². The van der Waals surface area contributed by atoms with Gasteiger partial charge < -0.3 is 14.8 Å². The molecule has 0 aliphatic rings. The lowest BCUT2D eigenvalue weighted by Crippen LogP contribution is -2.30. The standard InChI is InChI=1S/C17H18FNO3/c1-21-15-5-7-16(8-6-15)22-12-17(20)19-10-9-13-3-2-4-14(18)11-13/h2-8,11H,9-10,12H2,1H3,(H,19,20). The predicted molar refractivity (Wildman–Crippen MR) is 81.6 cm³/mol. The molecule has 0 unspecified atom stereocenters. The molecule has 2 rings (SSSR count). The highest BCUT2D eigenvalue weighted by molar-refractivity contribution is 5.77. The van der Waals surface area contributed by atoms with Gasteiger partial charge in [-0.1, -0.05) is 12.1 Å². The number of benzene rings is 2. The molecule has 0 aromatic heterocycles. The first-order valence-electron chi connectivity index (χ1n) is 6.95. The zero-order chi connectivity index (χ0) is 15.8. The Morgan fingerprint density at radius 3 is 2.55 bits per heavy atom. The van der Waals surface area contributed by atoms with E-state index in [4.69, 9.17) is 9.47 Å². The Labute approximate surface area is 128 Å². The fourth-order valence-corrected chi connectivity index (χ4v) is 1.91. The molecule has 0 saturated carbocycles. The molecule has 0 saturated heterocycles. The second-order valence-electron chi connectivity index (χ2n) is 4.69. The molecule has 116 valence electrons. The molecule has 0 fully saturated rings. The average molecular weight is 303 g/mol. The number of rotatable bonds is 7. The minimum absolute atomic E-state index is 0.0600. The highest BCUT2D eigenvalue weighted by Gasteiger charge is 2.03. The minimum atomic E-state index is -0.272. The van der Waals surface area contributed by atoms with Gasteiger partial charge in [-0.25, -0.2) is 4.39 Å². The van der Waals surface area contributed by atoms with Crippen LogP contribution in [-0.2, 0) is 11.2 Å². The van der Waals surface area contributed by atoms with Crippen molar-refractivity contribution in [2.45, 2.75) is 6.42 Å². The van der Waals surface area contributed by atoms with Gasteiger partial charge >= 0.3 is 0 Å². The maximum Gasteiger partial charge on any atom is 0.257 e. The second-order valence-corrected chi connectivity index (χ2v) is 4.69. The van der Waals surface area contributed by atoms with Crippen molar-refractivity contribution in [3.63, 3.8) is 0 Å². The molecule has 4 nitrogen and oxygen atoms in total. The monoisotopic (exact) mass is 303 g/mol. The Kier molecular flexibility index (Phi) is 5.77. The summed E-state index contributed by atoms with van der Waals surface area (Å²) in [5, 5.41) is 2.73. The SMILES string of the molecule is COc1ccc(OCC(=O)NCCc2cccc(F)c2)cc1. The Balaban J connectivity index is 1.69. The van der Waals surface area contributed by atoms with Crippen molar-refractivity contribution < 1.29 is 18.7 Å². The van der Waals surface area contributed by atoms with E-state index in [1.807, 2.05) is 6.07 Å². The van der Waals surface area contributed by atoms with E-state index in [1.54, 1.807) is 37.4 Å². The van der Waals surface area contributed by atoms with E-state index < -0.39 is 0 Å². The summed E-state index contributed by atoms with van der Waals surface area (Å²) in [5.41, 5.74) is 0.844. The summed E-state index contributed by atoms with van der Waals surface area (Å²) in [7, 11) is 1.59. The first kappa shape index (κ1) is 15.8. The van der Waals surface area contributed by atoms with Crippen LogP contribution in [0.4, 0.5) is 4.39 Å². The number of nitrogens with one attached hydrogen (secondary N) is 1. The molecule has 0 radical (unpaired) electrons.